The van der Waals surface area contributed by atoms with Crippen molar-refractivity contribution in [1.29, 1.82) is 0 Å². The van der Waals surface area contributed by atoms with Crippen LogP contribution >= 0.6 is 0 Å². The van der Waals surface area contributed by atoms with Crippen LogP contribution in [-0.2, 0) is 9.59 Å². The minimum Gasteiger partial charge on any atom is -0.493 e. The predicted molar refractivity (Wildman–Crippen MR) is 182 cm³/mol. The summed E-state index contributed by atoms with van der Waals surface area (Å²) in [5.74, 6) is -0.321. The summed E-state index contributed by atoms with van der Waals surface area (Å²) in [5, 5.41) is 2.40. The van der Waals surface area contributed by atoms with Gasteiger partial charge in [0.15, 0.2) is 11.5 Å². The highest BCUT2D eigenvalue weighted by Crippen LogP contribution is 2.50. The van der Waals surface area contributed by atoms with E-state index in [2.05, 4.69) is 41.1 Å². The van der Waals surface area contributed by atoms with Gasteiger partial charge < -0.3 is 14.4 Å². The number of carbonyl (C=O) groups excluding carboxylic acids is 3. The third-order valence-corrected chi connectivity index (χ3v) is 9.22. The maximum atomic E-state index is 14.2. The second-order valence-electron chi connectivity index (χ2n) is 11.9. The van der Waals surface area contributed by atoms with E-state index in [0.29, 0.717) is 29.4 Å². The first-order valence-corrected chi connectivity index (χ1v) is 15.8. The summed E-state index contributed by atoms with van der Waals surface area (Å²) >= 11 is 0. The van der Waals surface area contributed by atoms with Crippen LogP contribution in [0.5, 0.6) is 11.5 Å². The molecule has 1 N–H and O–H groups in total. The first kappa shape index (κ1) is 30.0. The fourth-order valence-corrected chi connectivity index (χ4v) is 7.07. The van der Waals surface area contributed by atoms with Crippen molar-refractivity contribution in [2.45, 2.75) is 24.7 Å². The standard InChI is InChI=1S/C39H35N3O5/c1-3-20-47-34-15-14-25(22-35(34)46-2)21-33-37(43)40-39(45)42(38(33)44)28-23-31-29(26-10-6-4-7-11-26)16-18-41-19-17-30(32(24-28)36(31)41)27-12-8-5-9-13-27/h3-15,21-24,29-30H,1,16-20H2,2H3,(H,40,43,45)/b33-21+/t29-,30-/m1/s1. The molecule has 4 amide bonds. The largest absolute Gasteiger partial charge is 0.493 e. The van der Waals surface area contributed by atoms with Crippen molar-refractivity contribution >= 4 is 35.3 Å². The van der Waals surface area contributed by atoms with E-state index in [9.17, 15) is 14.4 Å². The Labute approximate surface area is 273 Å². The molecule has 2 atom stereocenters. The molecule has 3 aliphatic rings. The van der Waals surface area contributed by atoms with Crippen LogP contribution in [0, 0.1) is 0 Å². The zero-order valence-electron chi connectivity index (χ0n) is 26.1. The number of benzene rings is 4. The second kappa shape index (κ2) is 12.6. The quantitative estimate of drug-likeness (QED) is 0.132. The molecule has 0 bridgehead atoms. The van der Waals surface area contributed by atoms with Crippen molar-refractivity contribution in [1.82, 2.24) is 5.32 Å². The zero-order valence-corrected chi connectivity index (χ0v) is 26.1. The zero-order chi connectivity index (χ0) is 32.5. The number of barbiturate groups is 1. The number of nitrogens with one attached hydrogen (secondary N) is 1. The molecule has 1 fully saturated rings. The molecule has 0 radical (unpaired) electrons. The van der Waals surface area contributed by atoms with Crippen LogP contribution in [0.3, 0.4) is 0 Å². The number of imide groups is 2. The van der Waals surface area contributed by atoms with Crippen molar-refractivity contribution in [3.63, 3.8) is 0 Å². The molecule has 0 aliphatic carbocycles. The molecule has 0 aromatic heterocycles. The maximum absolute atomic E-state index is 14.2. The summed E-state index contributed by atoms with van der Waals surface area (Å²) in [4.78, 5) is 44.3. The van der Waals surface area contributed by atoms with Gasteiger partial charge >= 0.3 is 6.03 Å². The first-order valence-electron chi connectivity index (χ1n) is 15.8. The Kier molecular flexibility index (Phi) is 8.08. The van der Waals surface area contributed by atoms with Gasteiger partial charge in [-0.15, -0.1) is 0 Å². The lowest BCUT2D eigenvalue weighted by Gasteiger charge is -2.44. The smallest absolute Gasteiger partial charge is 0.335 e. The summed E-state index contributed by atoms with van der Waals surface area (Å²) in [7, 11) is 1.51. The second-order valence-corrected chi connectivity index (χ2v) is 11.9. The van der Waals surface area contributed by atoms with E-state index in [0.717, 1.165) is 42.0 Å². The van der Waals surface area contributed by atoms with Crippen LogP contribution in [0.2, 0.25) is 0 Å². The first-order chi connectivity index (χ1) is 23.0. The van der Waals surface area contributed by atoms with Crippen LogP contribution in [0.25, 0.3) is 6.08 Å². The topological polar surface area (TPSA) is 88.2 Å². The van der Waals surface area contributed by atoms with E-state index in [-0.39, 0.29) is 17.4 Å². The average molecular weight is 626 g/mol. The van der Waals surface area contributed by atoms with Gasteiger partial charge in [-0.3, -0.25) is 14.9 Å². The minimum absolute atomic E-state index is 0.0876. The number of urea groups is 1. The highest BCUT2D eigenvalue weighted by Gasteiger charge is 2.40. The highest BCUT2D eigenvalue weighted by molar-refractivity contribution is 6.39. The Morgan fingerprint density at radius 1 is 0.830 bits per heavy atom. The fourth-order valence-electron chi connectivity index (χ4n) is 7.07. The number of hydrogen-bond donors (Lipinski definition) is 1. The summed E-state index contributed by atoms with van der Waals surface area (Å²) in [6.07, 6.45) is 4.92. The molecular formula is C39H35N3O5. The van der Waals surface area contributed by atoms with Crippen molar-refractivity contribution in [3.8, 4) is 11.5 Å². The number of methoxy groups -OCH3 is 1. The van der Waals surface area contributed by atoms with Gasteiger partial charge in [-0.1, -0.05) is 79.4 Å². The molecule has 3 heterocycles. The predicted octanol–water partition coefficient (Wildman–Crippen LogP) is 6.80. The molecule has 0 saturated carbocycles. The van der Waals surface area contributed by atoms with Gasteiger partial charge in [0.25, 0.3) is 11.8 Å². The maximum Gasteiger partial charge on any atom is 0.335 e. The Bertz CT molecular complexity index is 1830. The molecular weight excluding hydrogens is 590 g/mol. The number of carbonyl (C=O) groups is 3. The lowest BCUT2D eigenvalue weighted by atomic mass is 9.76. The molecule has 3 aliphatic heterocycles. The molecule has 0 unspecified atom stereocenters. The van der Waals surface area contributed by atoms with Crippen molar-refractivity contribution in [2.75, 3.05) is 36.6 Å². The van der Waals surface area contributed by atoms with Gasteiger partial charge in [-0.2, -0.15) is 0 Å². The van der Waals surface area contributed by atoms with E-state index in [1.54, 1.807) is 24.3 Å². The number of nitrogens with zero attached hydrogens (tertiary/aromatic N) is 2. The third kappa shape index (κ3) is 5.56. The van der Waals surface area contributed by atoms with Gasteiger partial charge in [0, 0.05) is 30.6 Å². The normalized spacial score (nSPS) is 19.7. The summed E-state index contributed by atoms with van der Waals surface area (Å²) in [6, 6.07) is 29.0. The minimum atomic E-state index is -0.772. The average Bonchev–Trinajstić information content (AvgIpc) is 3.10. The number of amides is 4. The van der Waals surface area contributed by atoms with Crippen LogP contribution in [0.4, 0.5) is 16.2 Å². The number of anilines is 2. The molecule has 1 saturated heterocycles. The van der Waals surface area contributed by atoms with Crippen LogP contribution < -0.4 is 24.6 Å². The van der Waals surface area contributed by atoms with Gasteiger partial charge in [-0.25, -0.2) is 9.69 Å². The summed E-state index contributed by atoms with van der Waals surface area (Å²) in [6.45, 7) is 5.81. The molecule has 4 aromatic carbocycles. The Morgan fingerprint density at radius 3 is 2.02 bits per heavy atom. The number of hydrogen-bond acceptors (Lipinski definition) is 6. The van der Waals surface area contributed by atoms with Crippen LogP contribution in [0.15, 0.2) is 109 Å². The van der Waals surface area contributed by atoms with E-state index >= 15 is 0 Å². The van der Waals surface area contributed by atoms with E-state index < -0.39 is 17.8 Å². The van der Waals surface area contributed by atoms with Crippen LogP contribution in [-0.4, -0.2) is 44.7 Å². The SMILES string of the molecule is C=CCOc1ccc(/C=C2\C(=O)NC(=O)N(c3cc4c5c(c3)[C@@H](c3ccccc3)CCN5CC[C@@H]4c3ccccc3)C2=O)cc1OC. The van der Waals surface area contributed by atoms with Gasteiger partial charge in [0.2, 0.25) is 0 Å². The molecule has 7 rings (SSSR count). The summed E-state index contributed by atoms with van der Waals surface area (Å²) < 4.78 is 11.1. The molecule has 0 spiro atoms. The Morgan fingerprint density at radius 2 is 1.45 bits per heavy atom. The van der Waals surface area contributed by atoms with Crippen molar-refractivity contribution in [3.05, 3.63) is 137 Å². The van der Waals surface area contributed by atoms with Gasteiger partial charge in [0.05, 0.1) is 12.8 Å². The van der Waals surface area contributed by atoms with Crippen molar-refractivity contribution < 1.29 is 23.9 Å². The molecule has 47 heavy (non-hydrogen) atoms. The molecule has 8 heteroatoms. The third-order valence-electron chi connectivity index (χ3n) is 9.22. The monoisotopic (exact) mass is 625 g/mol. The van der Waals surface area contributed by atoms with E-state index in [1.165, 1.54) is 30.0 Å². The highest BCUT2D eigenvalue weighted by atomic mass is 16.5. The van der Waals surface area contributed by atoms with Crippen LogP contribution in [0.1, 0.15) is 52.5 Å². The lowest BCUT2D eigenvalue weighted by molar-refractivity contribution is -0.122. The van der Waals surface area contributed by atoms with Crippen molar-refractivity contribution in [2.24, 2.45) is 0 Å². The molecule has 8 nitrogen and oxygen atoms in total. The van der Waals surface area contributed by atoms with E-state index in [1.807, 2.05) is 48.5 Å². The van der Waals surface area contributed by atoms with Gasteiger partial charge in [-0.05, 0) is 71.0 Å². The Hall–Kier alpha value is -5.63. The lowest BCUT2D eigenvalue weighted by Crippen LogP contribution is -2.54. The number of ether oxygens (including phenoxy) is 2. The number of rotatable bonds is 8. The molecule has 4 aromatic rings. The molecule has 236 valence electrons. The van der Waals surface area contributed by atoms with Gasteiger partial charge in [0.1, 0.15) is 12.2 Å². The Balaban J connectivity index is 1.34. The summed E-state index contributed by atoms with van der Waals surface area (Å²) in [5.41, 5.74) is 6.55. The van der Waals surface area contributed by atoms with E-state index in [4.69, 9.17) is 9.47 Å². The fraction of sp³-hybridized carbons (Fsp3) is 0.205.